The van der Waals surface area contributed by atoms with Gasteiger partial charge in [0.25, 0.3) is 5.91 Å². The Balaban J connectivity index is 1.72. The Morgan fingerprint density at radius 2 is 1.88 bits per heavy atom. The lowest BCUT2D eigenvalue weighted by Gasteiger charge is -2.05. The molecular weight excluding hydrogens is 356 g/mol. The fourth-order valence-electron chi connectivity index (χ4n) is 2.69. The Kier molecular flexibility index (Phi) is 4.00. The molecular formula is C19H13F2N3OS. The molecule has 1 N–H and O–H groups in total. The summed E-state index contributed by atoms with van der Waals surface area (Å²) < 4.78 is 28.9. The number of thiophene rings is 1. The minimum atomic E-state index is -1.08. The highest BCUT2D eigenvalue weighted by Gasteiger charge is 2.18. The van der Waals surface area contributed by atoms with Crippen molar-refractivity contribution in [1.29, 1.82) is 0 Å². The SMILES string of the molecule is Cc1nn(-c2ccccc2)c2sc(C(=O)Nc3cccc(F)c3F)cc12. The van der Waals surface area contributed by atoms with Crippen molar-refractivity contribution in [3.8, 4) is 5.69 Å². The molecule has 0 bridgehead atoms. The molecule has 4 aromatic rings. The number of benzene rings is 2. The first kappa shape index (κ1) is 16.4. The molecule has 2 aromatic carbocycles. The van der Waals surface area contributed by atoms with Crippen LogP contribution in [0, 0.1) is 18.6 Å². The van der Waals surface area contributed by atoms with E-state index in [0.717, 1.165) is 27.7 Å². The summed E-state index contributed by atoms with van der Waals surface area (Å²) in [7, 11) is 0. The molecule has 26 heavy (non-hydrogen) atoms. The monoisotopic (exact) mass is 369 g/mol. The molecule has 1 amide bonds. The highest BCUT2D eigenvalue weighted by Crippen LogP contribution is 2.31. The summed E-state index contributed by atoms with van der Waals surface area (Å²) in [6.45, 7) is 1.86. The van der Waals surface area contributed by atoms with E-state index in [4.69, 9.17) is 0 Å². The number of amides is 1. The molecule has 0 atom stereocenters. The van der Waals surface area contributed by atoms with Crippen molar-refractivity contribution in [2.45, 2.75) is 6.92 Å². The van der Waals surface area contributed by atoms with E-state index in [2.05, 4.69) is 10.4 Å². The lowest BCUT2D eigenvalue weighted by molar-refractivity contribution is 0.103. The van der Waals surface area contributed by atoms with Gasteiger partial charge in [-0.1, -0.05) is 24.3 Å². The number of halogens is 2. The second-order valence-electron chi connectivity index (χ2n) is 5.72. The second-order valence-corrected chi connectivity index (χ2v) is 6.75. The number of hydrogen-bond acceptors (Lipinski definition) is 3. The molecule has 2 heterocycles. The van der Waals surface area contributed by atoms with Gasteiger partial charge in [-0.25, -0.2) is 13.5 Å². The molecule has 130 valence electrons. The topological polar surface area (TPSA) is 46.9 Å². The van der Waals surface area contributed by atoms with Gasteiger partial charge in [0, 0.05) is 5.39 Å². The Bertz CT molecular complexity index is 1120. The number of rotatable bonds is 3. The Morgan fingerprint density at radius 3 is 2.65 bits per heavy atom. The van der Waals surface area contributed by atoms with Crippen molar-refractivity contribution in [3.63, 3.8) is 0 Å². The summed E-state index contributed by atoms with van der Waals surface area (Å²) in [4.78, 5) is 13.7. The van der Waals surface area contributed by atoms with E-state index >= 15 is 0 Å². The van der Waals surface area contributed by atoms with Gasteiger partial charge >= 0.3 is 0 Å². The molecule has 2 aromatic heterocycles. The van der Waals surface area contributed by atoms with Crippen molar-refractivity contribution in [3.05, 3.63) is 76.8 Å². The number of aromatic nitrogens is 2. The molecule has 0 saturated carbocycles. The number of hydrogen-bond donors (Lipinski definition) is 1. The molecule has 4 rings (SSSR count). The van der Waals surface area contributed by atoms with Gasteiger partial charge in [0.2, 0.25) is 0 Å². The fourth-order valence-corrected chi connectivity index (χ4v) is 3.77. The number of anilines is 1. The lowest BCUT2D eigenvalue weighted by Crippen LogP contribution is -2.12. The van der Waals surface area contributed by atoms with Gasteiger partial charge in [0.05, 0.1) is 21.9 Å². The van der Waals surface area contributed by atoms with Crippen molar-refractivity contribution in [2.24, 2.45) is 0 Å². The average Bonchev–Trinajstić information content (AvgIpc) is 3.21. The maximum Gasteiger partial charge on any atom is 0.265 e. The van der Waals surface area contributed by atoms with Gasteiger partial charge < -0.3 is 5.32 Å². The smallest absolute Gasteiger partial charge is 0.265 e. The van der Waals surface area contributed by atoms with E-state index in [9.17, 15) is 13.6 Å². The van der Waals surface area contributed by atoms with Crippen LogP contribution in [-0.2, 0) is 0 Å². The van der Waals surface area contributed by atoms with Crippen LogP contribution in [0.1, 0.15) is 15.4 Å². The van der Waals surface area contributed by atoms with E-state index in [1.165, 1.54) is 23.5 Å². The van der Waals surface area contributed by atoms with Crippen LogP contribution in [-0.4, -0.2) is 15.7 Å². The Morgan fingerprint density at radius 1 is 1.12 bits per heavy atom. The molecule has 0 unspecified atom stereocenters. The molecule has 0 fully saturated rings. The van der Waals surface area contributed by atoms with Gasteiger partial charge in [-0.15, -0.1) is 11.3 Å². The zero-order valence-corrected chi connectivity index (χ0v) is 14.5. The van der Waals surface area contributed by atoms with Crippen LogP contribution >= 0.6 is 11.3 Å². The van der Waals surface area contributed by atoms with E-state index < -0.39 is 17.5 Å². The van der Waals surface area contributed by atoms with E-state index in [1.54, 1.807) is 10.7 Å². The lowest BCUT2D eigenvalue weighted by atomic mass is 10.2. The van der Waals surface area contributed by atoms with Crippen molar-refractivity contribution < 1.29 is 13.6 Å². The van der Waals surface area contributed by atoms with Crippen LogP contribution in [0.25, 0.3) is 15.9 Å². The quantitative estimate of drug-likeness (QED) is 0.557. The third-order valence-electron chi connectivity index (χ3n) is 3.97. The van der Waals surface area contributed by atoms with Gasteiger partial charge in [-0.05, 0) is 37.3 Å². The highest BCUT2D eigenvalue weighted by atomic mass is 32.1. The molecule has 0 aliphatic rings. The van der Waals surface area contributed by atoms with E-state index in [0.29, 0.717) is 4.88 Å². The molecule has 0 saturated heterocycles. The third-order valence-corrected chi connectivity index (χ3v) is 5.08. The normalized spacial score (nSPS) is 11.0. The number of nitrogens with one attached hydrogen (secondary N) is 1. The summed E-state index contributed by atoms with van der Waals surface area (Å²) in [5.74, 6) is -2.57. The van der Waals surface area contributed by atoms with Crippen molar-refractivity contribution >= 4 is 33.1 Å². The maximum atomic E-state index is 13.8. The van der Waals surface area contributed by atoms with Gasteiger partial charge in [-0.2, -0.15) is 5.10 Å². The zero-order valence-electron chi connectivity index (χ0n) is 13.7. The number of fused-ring (bicyclic) bond motifs is 1. The highest BCUT2D eigenvalue weighted by molar-refractivity contribution is 7.20. The van der Waals surface area contributed by atoms with Crippen LogP contribution in [0.15, 0.2) is 54.6 Å². The van der Waals surface area contributed by atoms with Gasteiger partial charge in [-0.3, -0.25) is 4.79 Å². The molecule has 0 radical (unpaired) electrons. The van der Waals surface area contributed by atoms with Gasteiger partial charge in [0.15, 0.2) is 11.6 Å². The second kappa shape index (κ2) is 6.34. The molecule has 0 aliphatic heterocycles. The van der Waals surface area contributed by atoms with Crippen LogP contribution < -0.4 is 5.32 Å². The largest absolute Gasteiger partial charge is 0.319 e. The van der Waals surface area contributed by atoms with E-state index in [-0.39, 0.29) is 5.69 Å². The molecule has 4 nitrogen and oxygen atoms in total. The van der Waals surface area contributed by atoms with Crippen LogP contribution in [0.5, 0.6) is 0 Å². The van der Waals surface area contributed by atoms with Crippen LogP contribution in [0.2, 0.25) is 0 Å². The zero-order chi connectivity index (χ0) is 18.3. The molecule has 0 spiro atoms. The van der Waals surface area contributed by atoms with Crippen molar-refractivity contribution in [1.82, 2.24) is 9.78 Å². The molecule has 7 heteroatoms. The summed E-state index contributed by atoms with van der Waals surface area (Å²) in [5.41, 5.74) is 1.49. The number of nitrogens with zero attached hydrogens (tertiary/aromatic N) is 2. The maximum absolute atomic E-state index is 13.8. The number of aryl methyl sites for hydroxylation is 1. The minimum Gasteiger partial charge on any atom is -0.319 e. The summed E-state index contributed by atoms with van der Waals surface area (Å²) in [6.07, 6.45) is 0. The first-order chi connectivity index (χ1) is 12.5. The number of carbonyl (C=O) groups is 1. The summed E-state index contributed by atoms with van der Waals surface area (Å²) >= 11 is 1.25. The molecule has 0 aliphatic carbocycles. The predicted octanol–water partition coefficient (Wildman–Crippen LogP) is 4.93. The Hall–Kier alpha value is -3.06. The van der Waals surface area contributed by atoms with E-state index in [1.807, 2.05) is 37.3 Å². The van der Waals surface area contributed by atoms with Crippen LogP contribution in [0.3, 0.4) is 0 Å². The fraction of sp³-hybridized carbons (Fsp3) is 0.0526. The van der Waals surface area contributed by atoms with Gasteiger partial charge in [0.1, 0.15) is 4.83 Å². The standard InChI is InChI=1S/C19H13F2N3OS/c1-11-13-10-16(18(25)22-15-9-5-8-14(20)17(15)21)26-19(13)24(23-11)12-6-3-2-4-7-12/h2-10H,1H3,(H,22,25). The average molecular weight is 369 g/mol. The predicted molar refractivity (Wildman–Crippen MR) is 98.0 cm³/mol. The minimum absolute atomic E-state index is 0.186. The Labute approximate surface area is 151 Å². The summed E-state index contributed by atoms with van der Waals surface area (Å²) in [6, 6.07) is 15.0. The third kappa shape index (κ3) is 2.76. The summed E-state index contributed by atoms with van der Waals surface area (Å²) in [5, 5.41) is 7.79. The van der Waals surface area contributed by atoms with Crippen molar-refractivity contribution in [2.75, 3.05) is 5.32 Å². The first-order valence-electron chi connectivity index (χ1n) is 7.84. The van der Waals surface area contributed by atoms with Crippen LogP contribution in [0.4, 0.5) is 14.5 Å². The number of carbonyl (C=O) groups excluding carboxylic acids is 1. The first-order valence-corrected chi connectivity index (χ1v) is 8.66. The number of para-hydroxylation sites is 1.